The third-order valence-corrected chi connectivity index (χ3v) is 5.45. The van der Waals surface area contributed by atoms with Gasteiger partial charge in [-0.25, -0.2) is 0 Å². The Morgan fingerprint density at radius 2 is 2.04 bits per heavy atom. The molecule has 0 radical (unpaired) electrons. The van der Waals surface area contributed by atoms with Crippen LogP contribution in [0.3, 0.4) is 0 Å². The van der Waals surface area contributed by atoms with Gasteiger partial charge in [-0.1, -0.05) is 23.5 Å². The minimum atomic E-state index is -0.303. The van der Waals surface area contributed by atoms with Crippen LogP contribution in [0.2, 0.25) is 0 Å². The summed E-state index contributed by atoms with van der Waals surface area (Å²) in [6.07, 6.45) is 0. The maximum absolute atomic E-state index is 12.8. The molecule has 3 aromatic rings. The Morgan fingerprint density at radius 1 is 1.22 bits per heavy atom. The minimum Gasteiger partial charge on any atom is -0.486 e. The van der Waals surface area contributed by atoms with E-state index in [1.54, 1.807) is 25.3 Å². The van der Waals surface area contributed by atoms with Crippen LogP contribution < -0.4 is 14.3 Å². The lowest BCUT2D eigenvalue weighted by molar-refractivity contribution is 0.0996. The van der Waals surface area contributed by atoms with E-state index < -0.39 is 0 Å². The van der Waals surface area contributed by atoms with Crippen molar-refractivity contribution in [1.29, 1.82) is 0 Å². The number of fused-ring (bicyclic) bond motifs is 2. The number of amides is 1. The van der Waals surface area contributed by atoms with Crippen LogP contribution in [0.4, 0.5) is 0 Å². The van der Waals surface area contributed by atoms with Gasteiger partial charge in [0.05, 0.1) is 16.8 Å². The number of thiazole rings is 1. The fraction of sp³-hybridized carbons (Fsp3) is 0.300. The molecule has 1 amide bonds. The van der Waals surface area contributed by atoms with E-state index in [0.717, 1.165) is 15.8 Å². The molecule has 0 unspecified atom stereocenters. The molecule has 2 aromatic carbocycles. The van der Waals surface area contributed by atoms with E-state index in [4.69, 9.17) is 14.2 Å². The van der Waals surface area contributed by atoms with Crippen LogP contribution in [0.25, 0.3) is 10.2 Å². The number of hydrogen-bond acceptors (Lipinski definition) is 5. The van der Waals surface area contributed by atoms with E-state index in [1.165, 1.54) is 11.3 Å². The first-order valence-corrected chi connectivity index (χ1v) is 9.55. The Balaban J connectivity index is 1.77. The fourth-order valence-corrected chi connectivity index (χ4v) is 4.24. The second-order valence-corrected chi connectivity index (χ2v) is 7.24. The third kappa shape index (κ3) is 3.48. The molecule has 1 aliphatic rings. The van der Waals surface area contributed by atoms with Crippen LogP contribution in [0, 0.1) is 6.92 Å². The minimum absolute atomic E-state index is 0.303. The largest absolute Gasteiger partial charge is 0.486 e. The highest BCUT2D eigenvalue weighted by molar-refractivity contribution is 7.16. The molecule has 0 fully saturated rings. The van der Waals surface area contributed by atoms with Gasteiger partial charge in [0.2, 0.25) is 0 Å². The van der Waals surface area contributed by atoms with E-state index in [-0.39, 0.29) is 5.91 Å². The number of carbonyl (C=O) groups excluding carboxylic acids is 1. The molecule has 0 atom stereocenters. The molecule has 7 heteroatoms. The highest BCUT2D eigenvalue weighted by atomic mass is 32.1. The van der Waals surface area contributed by atoms with E-state index in [2.05, 4.69) is 22.5 Å². The number of aromatic nitrogens is 1. The van der Waals surface area contributed by atoms with Crippen LogP contribution in [0.15, 0.2) is 41.4 Å². The van der Waals surface area contributed by atoms with Crippen molar-refractivity contribution in [2.24, 2.45) is 4.99 Å². The zero-order valence-corrected chi connectivity index (χ0v) is 16.0. The Bertz CT molecular complexity index is 1070. The summed E-state index contributed by atoms with van der Waals surface area (Å²) < 4.78 is 19.5. The SMILES string of the molecule is COCCn1c(=NC(=O)c2ccc3c(c2)OCCO3)sc2cccc(C)c21. The maximum atomic E-state index is 12.8. The standard InChI is InChI=1S/C20H20N2O4S/c1-13-4-3-5-17-18(13)22(8-9-24-2)20(27-17)21-19(23)14-6-7-15-16(12-14)26-11-10-25-15/h3-7,12H,8-11H2,1-2H3. The third-order valence-electron chi connectivity index (χ3n) is 4.41. The molecule has 140 valence electrons. The Kier molecular flexibility index (Phi) is 4.96. The second kappa shape index (κ2) is 7.54. The molecule has 0 saturated heterocycles. The summed E-state index contributed by atoms with van der Waals surface area (Å²) in [5, 5.41) is 0. The number of aryl methyl sites for hydroxylation is 1. The first kappa shape index (κ1) is 17.8. The lowest BCUT2D eigenvalue weighted by Crippen LogP contribution is -2.20. The van der Waals surface area contributed by atoms with Crippen molar-refractivity contribution in [1.82, 2.24) is 4.57 Å². The monoisotopic (exact) mass is 384 g/mol. The first-order valence-electron chi connectivity index (χ1n) is 8.74. The summed E-state index contributed by atoms with van der Waals surface area (Å²) in [5.74, 6) is 0.939. The predicted molar refractivity (Wildman–Crippen MR) is 104 cm³/mol. The molecule has 4 rings (SSSR count). The van der Waals surface area contributed by atoms with Gasteiger partial charge in [0.15, 0.2) is 16.3 Å². The summed E-state index contributed by atoms with van der Waals surface area (Å²) in [6.45, 7) is 4.24. The van der Waals surface area contributed by atoms with E-state index >= 15 is 0 Å². The van der Waals surface area contributed by atoms with Crippen molar-refractivity contribution < 1.29 is 19.0 Å². The van der Waals surface area contributed by atoms with Gasteiger partial charge in [0, 0.05) is 19.2 Å². The molecule has 0 spiro atoms. The molecule has 2 heterocycles. The Labute approximate surface area is 160 Å². The van der Waals surface area contributed by atoms with Crippen LogP contribution in [0.5, 0.6) is 11.5 Å². The number of rotatable bonds is 4. The molecule has 6 nitrogen and oxygen atoms in total. The molecule has 0 saturated carbocycles. The summed E-state index contributed by atoms with van der Waals surface area (Å²) in [4.78, 5) is 17.8. The van der Waals surface area contributed by atoms with Crippen molar-refractivity contribution in [2.75, 3.05) is 26.9 Å². The van der Waals surface area contributed by atoms with Crippen LogP contribution in [-0.4, -0.2) is 37.4 Å². The zero-order chi connectivity index (χ0) is 18.8. The highest BCUT2D eigenvalue weighted by Gasteiger charge is 2.15. The average molecular weight is 384 g/mol. The lowest BCUT2D eigenvalue weighted by Gasteiger charge is -2.18. The molecule has 0 N–H and O–H groups in total. The number of ether oxygens (including phenoxy) is 3. The van der Waals surface area contributed by atoms with Crippen molar-refractivity contribution >= 4 is 27.5 Å². The Morgan fingerprint density at radius 3 is 2.85 bits per heavy atom. The lowest BCUT2D eigenvalue weighted by atomic mass is 10.2. The van der Waals surface area contributed by atoms with Crippen LogP contribution in [0.1, 0.15) is 15.9 Å². The molecule has 1 aromatic heterocycles. The summed E-state index contributed by atoms with van der Waals surface area (Å²) in [7, 11) is 1.67. The number of nitrogens with zero attached hydrogens (tertiary/aromatic N) is 2. The van der Waals surface area contributed by atoms with Gasteiger partial charge < -0.3 is 18.8 Å². The maximum Gasteiger partial charge on any atom is 0.279 e. The fourth-order valence-electron chi connectivity index (χ4n) is 3.11. The molecule has 0 aliphatic carbocycles. The first-order chi connectivity index (χ1) is 13.2. The summed E-state index contributed by atoms with van der Waals surface area (Å²) in [5.41, 5.74) is 2.72. The molecule has 0 bridgehead atoms. The van der Waals surface area contributed by atoms with Gasteiger partial charge in [-0.15, -0.1) is 0 Å². The molecule has 1 aliphatic heterocycles. The van der Waals surface area contributed by atoms with Crippen LogP contribution in [-0.2, 0) is 11.3 Å². The highest BCUT2D eigenvalue weighted by Crippen LogP contribution is 2.31. The van der Waals surface area contributed by atoms with Crippen molar-refractivity contribution in [3.63, 3.8) is 0 Å². The second-order valence-electron chi connectivity index (χ2n) is 6.23. The van der Waals surface area contributed by atoms with Gasteiger partial charge in [0.1, 0.15) is 13.2 Å². The summed E-state index contributed by atoms with van der Waals surface area (Å²) in [6, 6.07) is 11.3. The van der Waals surface area contributed by atoms with Crippen molar-refractivity contribution in [2.45, 2.75) is 13.5 Å². The number of benzene rings is 2. The van der Waals surface area contributed by atoms with Crippen molar-refractivity contribution in [3.8, 4) is 11.5 Å². The normalized spacial score (nSPS) is 13.9. The van der Waals surface area contributed by atoms with Gasteiger partial charge in [-0.05, 0) is 36.8 Å². The Hall–Kier alpha value is -2.64. The molecular formula is C20H20N2O4S. The number of methoxy groups -OCH3 is 1. The molecular weight excluding hydrogens is 364 g/mol. The smallest absolute Gasteiger partial charge is 0.279 e. The van der Waals surface area contributed by atoms with Gasteiger partial charge in [-0.2, -0.15) is 4.99 Å². The zero-order valence-electron chi connectivity index (χ0n) is 15.2. The van der Waals surface area contributed by atoms with Crippen molar-refractivity contribution in [3.05, 3.63) is 52.3 Å². The average Bonchev–Trinajstić information content (AvgIpc) is 3.04. The van der Waals surface area contributed by atoms with E-state index in [0.29, 0.717) is 48.2 Å². The van der Waals surface area contributed by atoms with Crippen LogP contribution >= 0.6 is 11.3 Å². The quantitative estimate of drug-likeness (QED) is 0.693. The summed E-state index contributed by atoms with van der Waals surface area (Å²) >= 11 is 1.50. The van der Waals surface area contributed by atoms with Gasteiger partial charge >= 0.3 is 0 Å². The number of para-hydroxylation sites is 1. The predicted octanol–water partition coefficient (Wildman–Crippen LogP) is 3.17. The van der Waals surface area contributed by atoms with Gasteiger partial charge in [-0.3, -0.25) is 4.79 Å². The molecule has 27 heavy (non-hydrogen) atoms. The van der Waals surface area contributed by atoms with Gasteiger partial charge in [0.25, 0.3) is 5.91 Å². The van der Waals surface area contributed by atoms with E-state index in [9.17, 15) is 4.79 Å². The number of carbonyl (C=O) groups is 1. The number of hydrogen-bond donors (Lipinski definition) is 0. The van der Waals surface area contributed by atoms with E-state index in [1.807, 2.05) is 12.1 Å². The topological polar surface area (TPSA) is 62.1 Å².